The second-order valence-corrected chi connectivity index (χ2v) is 8.13. The van der Waals surface area contributed by atoms with Crippen molar-refractivity contribution in [3.63, 3.8) is 0 Å². The molecule has 28 heavy (non-hydrogen) atoms. The predicted octanol–water partition coefficient (Wildman–Crippen LogP) is 2.13. The predicted molar refractivity (Wildman–Crippen MR) is 101 cm³/mol. The van der Waals surface area contributed by atoms with Gasteiger partial charge in [-0.3, -0.25) is 9.69 Å². The van der Waals surface area contributed by atoms with Gasteiger partial charge < -0.3 is 19.7 Å². The van der Waals surface area contributed by atoms with Gasteiger partial charge in [0.1, 0.15) is 17.7 Å². The number of carbonyl (C=O) groups is 3. The van der Waals surface area contributed by atoms with Crippen molar-refractivity contribution in [3.8, 4) is 0 Å². The molecule has 2 aliphatic rings. The summed E-state index contributed by atoms with van der Waals surface area (Å²) in [4.78, 5) is 40.8. The van der Waals surface area contributed by atoms with E-state index in [-0.39, 0.29) is 19.1 Å². The average molecular weight is 389 g/mol. The molecule has 1 spiro atoms. The summed E-state index contributed by atoms with van der Waals surface area (Å²) in [5.74, 6) is -0.263. The van der Waals surface area contributed by atoms with E-state index in [1.807, 2.05) is 30.3 Å². The van der Waals surface area contributed by atoms with E-state index in [1.54, 1.807) is 20.8 Å². The van der Waals surface area contributed by atoms with E-state index in [1.165, 1.54) is 9.80 Å². The van der Waals surface area contributed by atoms with Crippen molar-refractivity contribution in [3.05, 3.63) is 35.9 Å². The van der Waals surface area contributed by atoms with Crippen LogP contribution in [0.25, 0.3) is 0 Å². The third-order valence-corrected chi connectivity index (χ3v) is 4.89. The number of ether oxygens (including phenoxy) is 2. The van der Waals surface area contributed by atoms with E-state index >= 15 is 0 Å². The van der Waals surface area contributed by atoms with Gasteiger partial charge in [0.05, 0.1) is 6.54 Å². The Bertz CT molecular complexity index is 746. The lowest BCUT2D eigenvalue weighted by Crippen LogP contribution is -2.67. The van der Waals surface area contributed by atoms with Crippen LogP contribution in [0.5, 0.6) is 0 Å². The zero-order valence-corrected chi connectivity index (χ0v) is 16.6. The first-order valence-corrected chi connectivity index (χ1v) is 9.46. The molecule has 2 saturated heterocycles. The summed E-state index contributed by atoms with van der Waals surface area (Å²) >= 11 is 0. The van der Waals surface area contributed by atoms with Gasteiger partial charge in [0, 0.05) is 19.6 Å². The lowest BCUT2D eigenvalue weighted by molar-refractivity contribution is -0.135. The minimum absolute atomic E-state index is 0.0915. The summed E-state index contributed by atoms with van der Waals surface area (Å²) in [5, 5.41) is 2.81. The summed E-state index contributed by atoms with van der Waals surface area (Å²) in [6, 6.07) is 9.36. The van der Waals surface area contributed by atoms with E-state index in [4.69, 9.17) is 9.47 Å². The van der Waals surface area contributed by atoms with E-state index in [9.17, 15) is 14.4 Å². The molecule has 0 bridgehead atoms. The van der Waals surface area contributed by atoms with Crippen molar-refractivity contribution in [1.82, 2.24) is 15.1 Å². The van der Waals surface area contributed by atoms with Gasteiger partial charge in [-0.2, -0.15) is 0 Å². The first-order valence-electron chi connectivity index (χ1n) is 9.46. The summed E-state index contributed by atoms with van der Waals surface area (Å²) in [6.45, 7) is 6.61. The minimum atomic E-state index is -1.12. The van der Waals surface area contributed by atoms with Crippen molar-refractivity contribution in [2.24, 2.45) is 0 Å². The largest absolute Gasteiger partial charge is 0.445 e. The van der Waals surface area contributed by atoms with Gasteiger partial charge >= 0.3 is 12.2 Å². The molecule has 0 radical (unpaired) electrons. The highest BCUT2D eigenvalue weighted by Crippen LogP contribution is 2.32. The normalized spacial score (nSPS) is 22.2. The van der Waals surface area contributed by atoms with E-state index < -0.39 is 23.3 Å². The molecular formula is C20H27N3O5. The Labute approximate surface area is 164 Å². The maximum Gasteiger partial charge on any atom is 0.411 e. The van der Waals surface area contributed by atoms with Crippen LogP contribution in [0.1, 0.15) is 32.8 Å². The lowest BCUT2D eigenvalue weighted by atomic mass is 9.93. The fourth-order valence-electron chi connectivity index (χ4n) is 3.53. The smallest absolute Gasteiger partial charge is 0.411 e. The Morgan fingerprint density at radius 2 is 1.86 bits per heavy atom. The fourth-order valence-corrected chi connectivity index (χ4v) is 3.53. The van der Waals surface area contributed by atoms with Crippen LogP contribution in [0.15, 0.2) is 30.3 Å². The number of hydrogen-bond acceptors (Lipinski definition) is 5. The molecule has 1 N–H and O–H groups in total. The number of benzene rings is 1. The second kappa shape index (κ2) is 7.69. The van der Waals surface area contributed by atoms with Gasteiger partial charge in [-0.25, -0.2) is 9.59 Å². The molecule has 2 heterocycles. The number of amides is 3. The number of hydrogen-bond donors (Lipinski definition) is 1. The Hall–Kier alpha value is -2.77. The van der Waals surface area contributed by atoms with Crippen LogP contribution in [-0.2, 0) is 20.9 Å². The molecule has 0 saturated carbocycles. The maximum atomic E-state index is 12.8. The van der Waals surface area contributed by atoms with Gasteiger partial charge in [-0.1, -0.05) is 30.3 Å². The van der Waals surface area contributed by atoms with Crippen LogP contribution in [0.3, 0.4) is 0 Å². The Kier molecular flexibility index (Phi) is 5.49. The summed E-state index contributed by atoms with van der Waals surface area (Å²) < 4.78 is 10.9. The Balaban J connectivity index is 1.71. The van der Waals surface area contributed by atoms with Crippen molar-refractivity contribution in [2.45, 2.75) is 44.9 Å². The maximum absolute atomic E-state index is 12.8. The molecule has 0 aromatic heterocycles. The number of rotatable bonds is 2. The van der Waals surface area contributed by atoms with Crippen LogP contribution < -0.4 is 5.32 Å². The van der Waals surface area contributed by atoms with Crippen LogP contribution in [-0.4, -0.2) is 65.2 Å². The molecule has 1 aromatic rings. The molecule has 8 heteroatoms. The highest BCUT2D eigenvalue weighted by atomic mass is 16.6. The minimum Gasteiger partial charge on any atom is -0.445 e. The molecule has 3 amide bonds. The molecule has 1 atom stereocenters. The number of nitrogens with one attached hydrogen (secondary N) is 1. The first-order chi connectivity index (χ1) is 13.2. The summed E-state index contributed by atoms with van der Waals surface area (Å²) in [7, 11) is 0. The van der Waals surface area contributed by atoms with Crippen LogP contribution >= 0.6 is 0 Å². The van der Waals surface area contributed by atoms with Crippen molar-refractivity contribution in [2.75, 3.05) is 26.2 Å². The van der Waals surface area contributed by atoms with E-state index in [0.29, 0.717) is 26.1 Å². The monoisotopic (exact) mass is 389 g/mol. The average Bonchev–Trinajstić information content (AvgIpc) is 3.08. The molecule has 0 aliphatic carbocycles. The van der Waals surface area contributed by atoms with Crippen molar-refractivity contribution in [1.29, 1.82) is 0 Å². The van der Waals surface area contributed by atoms with E-state index in [2.05, 4.69) is 5.32 Å². The summed E-state index contributed by atoms with van der Waals surface area (Å²) in [6.07, 6.45) is -0.691. The molecule has 1 aromatic carbocycles. The number of carbonyl (C=O) groups excluding carboxylic acids is 3. The molecule has 152 valence electrons. The molecule has 2 aliphatic heterocycles. The highest BCUT2D eigenvalue weighted by molar-refractivity contribution is 5.92. The molecule has 8 nitrogen and oxygen atoms in total. The number of nitrogens with zero attached hydrogens (tertiary/aromatic N) is 2. The third-order valence-electron chi connectivity index (χ3n) is 4.89. The number of likely N-dealkylation sites (tertiary alicyclic amines) is 1. The SMILES string of the molecule is CC(C)(C)OC(=O)N1CC[C@@]2(C1)C(=O)NCCN2C(=O)OCc1ccccc1. The molecular weight excluding hydrogens is 362 g/mol. The quantitative estimate of drug-likeness (QED) is 0.837. The molecule has 2 fully saturated rings. The second-order valence-electron chi connectivity index (χ2n) is 8.13. The first kappa shape index (κ1) is 20.0. The van der Waals surface area contributed by atoms with Gasteiger partial charge in [-0.05, 0) is 32.8 Å². The zero-order chi connectivity index (χ0) is 20.4. The van der Waals surface area contributed by atoms with Crippen molar-refractivity contribution >= 4 is 18.1 Å². The molecule has 3 rings (SSSR count). The van der Waals surface area contributed by atoms with Crippen LogP contribution in [0.4, 0.5) is 9.59 Å². The highest BCUT2D eigenvalue weighted by Gasteiger charge is 2.54. The Morgan fingerprint density at radius 3 is 2.54 bits per heavy atom. The van der Waals surface area contributed by atoms with Gasteiger partial charge in [0.25, 0.3) is 0 Å². The fraction of sp³-hybridized carbons (Fsp3) is 0.550. The van der Waals surface area contributed by atoms with Crippen molar-refractivity contribution < 1.29 is 23.9 Å². The van der Waals surface area contributed by atoms with Gasteiger partial charge in [0.15, 0.2) is 0 Å². The number of piperazine rings is 1. The van der Waals surface area contributed by atoms with E-state index in [0.717, 1.165) is 5.56 Å². The lowest BCUT2D eigenvalue weighted by Gasteiger charge is -2.42. The third kappa shape index (κ3) is 4.21. The van der Waals surface area contributed by atoms with Gasteiger partial charge in [-0.15, -0.1) is 0 Å². The van der Waals surface area contributed by atoms with Gasteiger partial charge in [0.2, 0.25) is 5.91 Å². The standard InChI is InChI=1S/C20H27N3O5/c1-19(2,3)28-17(25)22-11-9-20(14-22)16(24)21-10-12-23(20)18(26)27-13-15-7-5-4-6-8-15/h4-8H,9-14H2,1-3H3,(H,21,24)/t20-/m1/s1. The summed E-state index contributed by atoms with van der Waals surface area (Å²) in [5.41, 5.74) is -0.882. The Morgan fingerprint density at radius 1 is 1.14 bits per heavy atom. The molecule has 0 unspecified atom stereocenters. The topological polar surface area (TPSA) is 88.2 Å². The van der Waals surface area contributed by atoms with Crippen LogP contribution in [0, 0.1) is 0 Å². The zero-order valence-electron chi connectivity index (χ0n) is 16.6. The van der Waals surface area contributed by atoms with Crippen LogP contribution in [0.2, 0.25) is 0 Å².